The molecule has 5 nitrogen and oxygen atoms in total. The van der Waals surface area contributed by atoms with Crippen LogP contribution in [0.4, 0.5) is 0 Å². The molecule has 1 heterocycles. The number of hydrogen-bond donors (Lipinski definition) is 1. The minimum atomic E-state index is -0.153. The number of ether oxygens (including phenoxy) is 1. The van der Waals surface area contributed by atoms with E-state index in [1.807, 2.05) is 11.1 Å². The normalized spacial score (nSPS) is 22.3. The molecule has 1 aliphatic rings. The van der Waals surface area contributed by atoms with E-state index in [1.54, 1.807) is 24.3 Å². The number of benzene rings is 1. The molecule has 0 bridgehead atoms. The van der Waals surface area contributed by atoms with Gasteiger partial charge in [0.1, 0.15) is 5.75 Å². The van der Waals surface area contributed by atoms with Crippen molar-refractivity contribution in [1.29, 1.82) is 5.26 Å². The van der Waals surface area contributed by atoms with Gasteiger partial charge < -0.3 is 4.74 Å². The predicted octanol–water partition coefficient (Wildman–Crippen LogP) is 2.23. The van der Waals surface area contributed by atoms with Crippen molar-refractivity contribution in [2.24, 2.45) is 0 Å². The van der Waals surface area contributed by atoms with Gasteiger partial charge in [0.25, 0.3) is 5.91 Å². The van der Waals surface area contributed by atoms with Gasteiger partial charge in [-0.05, 0) is 51.0 Å². The maximum Gasteiger partial charge on any atom is 0.272 e. The number of hydrazine groups is 1. The van der Waals surface area contributed by atoms with Gasteiger partial charge in [-0.2, -0.15) is 5.26 Å². The van der Waals surface area contributed by atoms with Crippen LogP contribution in [0.1, 0.15) is 38.7 Å². The maximum atomic E-state index is 12.0. The highest BCUT2D eigenvalue weighted by Gasteiger charge is 2.26. The van der Waals surface area contributed by atoms with Crippen LogP contribution in [-0.2, 0) is 4.79 Å². The largest absolute Gasteiger partial charge is 0.484 e. The summed E-state index contributed by atoms with van der Waals surface area (Å²) in [6.45, 7) is 4.22. The van der Waals surface area contributed by atoms with Crippen LogP contribution >= 0.6 is 0 Å². The van der Waals surface area contributed by atoms with Gasteiger partial charge in [-0.25, -0.2) is 5.01 Å². The molecule has 2 atom stereocenters. The van der Waals surface area contributed by atoms with Gasteiger partial charge >= 0.3 is 0 Å². The van der Waals surface area contributed by atoms with Gasteiger partial charge in [0.2, 0.25) is 0 Å². The smallest absolute Gasteiger partial charge is 0.272 e. The van der Waals surface area contributed by atoms with E-state index in [1.165, 1.54) is 6.42 Å². The first kappa shape index (κ1) is 15.3. The van der Waals surface area contributed by atoms with Crippen LogP contribution in [-0.4, -0.2) is 29.6 Å². The molecule has 1 aromatic rings. The van der Waals surface area contributed by atoms with E-state index in [-0.39, 0.29) is 12.5 Å². The first-order valence-electron chi connectivity index (χ1n) is 7.31. The van der Waals surface area contributed by atoms with Gasteiger partial charge in [-0.15, -0.1) is 0 Å². The molecule has 0 spiro atoms. The Morgan fingerprint density at radius 1 is 1.33 bits per heavy atom. The Labute approximate surface area is 125 Å². The third-order valence-corrected chi connectivity index (χ3v) is 3.80. The molecule has 1 saturated heterocycles. The van der Waals surface area contributed by atoms with E-state index < -0.39 is 0 Å². The fraction of sp³-hybridized carbons (Fsp3) is 0.500. The Morgan fingerprint density at radius 2 is 1.95 bits per heavy atom. The lowest BCUT2D eigenvalue weighted by Crippen LogP contribution is -2.55. The highest BCUT2D eigenvalue weighted by molar-refractivity contribution is 5.77. The van der Waals surface area contributed by atoms with Crippen molar-refractivity contribution in [2.75, 3.05) is 6.61 Å². The SMILES string of the molecule is CC1CCCC(C)N1NC(=O)COc1ccc(C#N)cc1. The fourth-order valence-corrected chi connectivity index (χ4v) is 2.59. The molecule has 5 heteroatoms. The van der Waals surface area contributed by atoms with E-state index in [0.717, 1.165) is 12.8 Å². The number of carbonyl (C=O) groups is 1. The van der Waals surface area contributed by atoms with Gasteiger partial charge in [0.15, 0.2) is 6.61 Å². The number of rotatable bonds is 4. The second-order valence-corrected chi connectivity index (χ2v) is 5.50. The van der Waals surface area contributed by atoms with Crippen molar-refractivity contribution < 1.29 is 9.53 Å². The molecule has 1 N–H and O–H groups in total. The third kappa shape index (κ3) is 4.20. The van der Waals surface area contributed by atoms with Crippen molar-refractivity contribution in [3.05, 3.63) is 29.8 Å². The molecule has 0 aromatic heterocycles. The quantitative estimate of drug-likeness (QED) is 0.922. The summed E-state index contributed by atoms with van der Waals surface area (Å²) in [6, 6.07) is 9.47. The number of piperidine rings is 1. The van der Waals surface area contributed by atoms with Crippen LogP contribution in [0.15, 0.2) is 24.3 Å². The molecule has 0 aliphatic carbocycles. The van der Waals surface area contributed by atoms with Crippen LogP contribution in [0.3, 0.4) is 0 Å². The highest BCUT2D eigenvalue weighted by Crippen LogP contribution is 2.20. The summed E-state index contributed by atoms with van der Waals surface area (Å²) in [7, 11) is 0. The number of nitriles is 1. The van der Waals surface area contributed by atoms with E-state index in [0.29, 0.717) is 23.4 Å². The molecule has 1 aliphatic heterocycles. The summed E-state index contributed by atoms with van der Waals surface area (Å²) >= 11 is 0. The van der Waals surface area contributed by atoms with Crippen molar-refractivity contribution in [2.45, 2.75) is 45.2 Å². The standard InChI is InChI=1S/C16H21N3O2/c1-12-4-3-5-13(2)19(12)18-16(20)11-21-15-8-6-14(10-17)7-9-15/h6-9,12-13H,3-5,11H2,1-2H3,(H,18,20). The molecule has 112 valence electrons. The van der Waals surface area contributed by atoms with Crippen LogP contribution < -0.4 is 10.2 Å². The van der Waals surface area contributed by atoms with Gasteiger partial charge in [0.05, 0.1) is 11.6 Å². The lowest BCUT2D eigenvalue weighted by atomic mass is 10.00. The lowest BCUT2D eigenvalue weighted by molar-refractivity contribution is -0.131. The van der Waals surface area contributed by atoms with Gasteiger partial charge in [0, 0.05) is 12.1 Å². The molecule has 1 aromatic carbocycles. The summed E-state index contributed by atoms with van der Waals surface area (Å²) in [5.41, 5.74) is 3.50. The van der Waals surface area contributed by atoms with Crippen molar-refractivity contribution in [3.63, 3.8) is 0 Å². The third-order valence-electron chi connectivity index (χ3n) is 3.80. The molecular weight excluding hydrogens is 266 g/mol. The van der Waals surface area contributed by atoms with Crippen molar-refractivity contribution >= 4 is 5.91 Å². The number of amides is 1. The average molecular weight is 287 g/mol. The zero-order valence-corrected chi connectivity index (χ0v) is 12.5. The van der Waals surface area contributed by atoms with Crippen molar-refractivity contribution in [1.82, 2.24) is 10.4 Å². The van der Waals surface area contributed by atoms with E-state index in [9.17, 15) is 4.79 Å². The molecule has 21 heavy (non-hydrogen) atoms. The highest BCUT2D eigenvalue weighted by atomic mass is 16.5. The van der Waals surface area contributed by atoms with Crippen LogP contribution in [0.25, 0.3) is 0 Å². The summed E-state index contributed by atoms with van der Waals surface area (Å²) in [5.74, 6) is 0.434. The number of nitrogens with one attached hydrogen (secondary N) is 1. The topological polar surface area (TPSA) is 65.4 Å². The Morgan fingerprint density at radius 3 is 2.52 bits per heavy atom. The maximum absolute atomic E-state index is 12.0. The average Bonchev–Trinajstić information content (AvgIpc) is 2.49. The molecule has 1 fully saturated rings. The zero-order chi connectivity index (χ0) is 15.2. The minimum absolute atomic E-state index is 0.0260. The summed E-state index contributed by atoms with van der Waals surface area (Å²) in [5, 5.41) is 10.7. The number of carbonyl (C=O) groups excluding carboxylic acids is 1. The number of hydrogen-bond acceptors (Lipinski definition) is 4. The van der Waals surface area contributed by atoms with Crippen LogP contribution in [0.5, 0.6) is 5.75 Å². The van der Waals surface area contributed by atoms with E-state index in [4.69, 9.17) is 10.00 Å². The monoisotopic (exact) mass is 287 g/mol. The predicted molar refractivity (Wildman–Crippen MR) is 79.4 cm³/mol. The second kappa shape index (κ2) is 7.09. The molecule has 0 radical (unpaired) electrons. The number of nitrogens with zero attached hydrogens (tertiary/aromatic N) is 2. The zero-order valence-electron chi connectivity index (χ0n) is 12.5. The van der Waals surface area contributed by atoms with Crippen molar-refractivity contribution in [3.8, 4) is 11.8 Å². The molecule has 2 rings (SSSR count). The van der Waals surface area contributed by atoms with Crippen LogP contribution in [0, 0.1) is 11.3 Å². The molecule has 0 saturated carbocycles. The molecular formula is C16H21N3O2. The van der Waals surface area contributed by atoms with Gasteiger partial charge in [-0.3, -0.25) is 10.2 Å². The van der Waals surface area contributed by atoms with E-state index in [2.05, 4.69) is 19.3 Å². The summed E-state index contributed by atoms with van der Waals surface area (Å²) in [4.78, 5) is 12.0. The summed E-state index contributed by atoms with van der Waals surface area (Å²) in [6.07, 6.45) is 3.40. The first-order valence-corrected chi connectivity index (χ1v) is 7.31. The Balaban J connectivity index is 1.82. The van der Waals surface area contributed by atoms with E-state index >= 15 is 0 Å². The Kier molecular flexibility index (Phi) is 5.18. The molecule has 1 amide bonds. The summed E-state index contributed by atoms with van der Waals surface area (Å²) < 4.78 is 5.43. The fourth-order valence-electron chi connectivity index (χ4n) is 2.59. The van der Waals surface area contributed by atoms with Gasteiger partial charge in [-0.1, -0.05) is 6.42 Å². The van der Waals surface area contributed by atoms with Crippen LogP contribution in [0.2, 0.25) is 0 Å². The molecule has 2 unspecified atom stereocenters. The second-order valence-electron chi connectivity index (χ2n) is 5.50. The lowest BCUT2D eigenvalue weighted by Gasteiger charge is -2.38. The minimum Gasteiger partial charge on any atom is -0.484 e. The Bertz CT molecular complexity index is 511. The Hall–Kier alpha value is -2.06. The first-order chi connectivity index (χ1) is 10.1.